The molecule has 0 saturated carbocycles. The topological polar surface area (TPSA) is 24.1 Å². The van der Waals surface area contributed by atoms with Crippen LogP contribution in [-0.2, 0) is 0 Å². The van der Waals surface area contributed by atoms with E-state index in [4.69, 9.17) is 0 Å². The molecule has 0 bridgehead atoms. The highest BCUT2D eigenvalue weighted by Gasteiger charge is 2.27. The average Bonchev–Trinajstić information content (AvgIpc) is 2.75. The second kappa shape index (κ2) is 4.86. The van der Waals surface area contributed by atoms with E-state index in [9.17, 15) is 0 Å². The number of nitrogens with one attached hydrogen (secondary N) is 2. The Morgan fingerprint density at radius 3 is 2.93 bits per heavy atom. The normalized spacial score (nSPS) is 40.3. The molecule has 0 aliphatic carbocycles. The van der Waals surface area contributed by atoms with Gasteiger partial charge in [0.25, 0.3) is 0 Å². The molecule has 0 aromatic rings. The third kappa shape index (κ3) is 2.65. The summed E-state index contributed by atoms with van der Waals surface area (Å²) in [6.45, 7) is 5.88. The molecule has 0 radical (unpaired) electrons. The van der Waals surface area contributed by atoms with E-state index in [2.05, 4.69) is 36.2 Å². The Morgan fingerprint density at radius 2 is 2.36 bits per heavy atom. The number of thioether (sulfide) groups is 1. The van der Waals surface area contributed by atoms with Gasteiger partial charge in [-0.2, -0.15) is 11.8 Å². The summed E-state index contributed by atoms with van der Waals surface area (Å²) in [5.74, 6) is 1.30. The van der Waals surface area contributed by atoms with E-state index >= 15 is 0 Å². The minimum atomic E-state index is 0.647. The summed E-state index contributed by atoms with van der Waals surface area (Å²) in [6.07, 6.45) is 4.05. The zero-order chi connectivity index (χ0) is 9.97. The Kier molecular flexibility index (Phi) is 3.74. The molecule has 82 valence electrons. The van der Waals surface area contributed by atoms with Crippen LogP contribution in [0.1, 0.15) is 33.1 Å². The van der Waals surface area contributed by atoms with Crippen LogP contribution < -0.4 is 10.6 Å². The third-order valence-electron chi connectivity index (χ3n) is 3.40. The van der Waals surface area contributed by atoms with E-state index in [0.29, 0.717) is 6.04 Å². The first-order valence-electron chi connectivity index (χ1n) is 5.86. The summed E-state index contributed by atoms with van der Waals surface area (Å²) < 4.78 is 0. The predicted molar refractivity (Wildman–Crippen MR) is 63.9 cm³/mol. The molecule has 2 fully saturated rings. The lowest BCUT2D eigenvalue weighted by Crippen LogP contribution is -2.47. The Morgan fingerprint density at radius 1 is 1.50 bits per heavy atom. The van der Waals surface area contributed by atoms with Crippen LogP contribution in [0.4, 0.5) is 0 Å². The van der Waals surface area contributed by atoms with Crippen LogP contribution in [0.15, 0.2) is 0 Å². The standard InChI is InChI=1S/C11H22N2S/c1-8-6-10(7-14-8)13-9(2)11-4-3-5-12-11/h8-13H,3-7H2,1-2H3. The summed E-state index contributed by atoms with van der Waals surface area (Å²) in [6, 6.07) is 2.12. The predicted octanol–water partition coefficient (Wildman–Crippen LogP) is 1.61. The van der Waals surface area contributed by atoms with Gasteiger partial charge in [0.05, 0.1) is 0 Å². The summed E-state index contributed by atoms with van der Waals surface area (Å²) in [5, 5.41) is 8.20. The second-order valence-corrected chi connectivity index (χ2v) is 6.21. The lowest BCUT2D eigenvalue weighted by Gasteiger charge is -2.24. The van der Waals surface area contributed by atoms with Gasteiger partial charge in [-0.1, -0.05) is 6.92 Å². The molecule has 0 amide bonds. The van der Waals surface area contributed by atoms with Crippen LogP contribution >= 0.6 is 11.8 Å². The molecule has 2 N–H and O–H groups in total. The quantitative estimate of drug-likeness (QED) is 0.746. The molecule has 0 aromatic heterocycles. The minimum absolute atomic E-state index is 0.647. The Labute approximate surface area is 91.6 Å². The molecule has 3 heteroatoms. The van der Waals surface area contributed by atoms with E-state index in [1.165, 1.54) is 31.6 Å². The summed E-state index contributed by atoms with van der Waals surface area (Å²) in [7, 11) is 0. The molecule has 4 atom stereocenters. The monoisotopic (exact) mass is 214 g/mol. The first-order valence-corrected chi connectivity index (χ1v) is 6.91. The average molecular weight is 214 g/mol. The zero-order valence-electron chi connectivity index (χ0n) is 9.25. The van der Waals surface area contributed by atoms with Gasteiger partial charge >= 0.3 is 0 Å². The Bertz CT molecular complexity index is 180. The Hall–Kier alpha value is 0.270. The van der Waals surface area contributed by atoms with Gasteiger partial charge in [0, 0.05) is 29.1 Å². The zero-order valence-corrected chi connectivity index (χ0v) is 10.1. The van der Waals surface area contributed by atoms with Crippen LogP contribution in [0.2, 0.25) is 0 Å². The van der Waals surface area contributed by atoms with Gasteiger partial charge in [0.15, 0.2) is 0 Å². The highest BCUT2D eigenvalue weighted by Crippen LogP contribution is 2.26. The molecule has 2 aliphatic heterocycles. The lowest BCUT2D eigenvalue weighted by molar-refractivity contribution is 0.385. The van der Waals surface area contributed by atoms with E-state index in [0.717, 1.165) is 17.3 Å². The second-order valence-electron chi connectivity index (χ2n) is 4.73. The van der Waals surface area contributed by atoms with Crippen molar-refractivity contribution in [1.29, 1.82) is 0 Å². The van der Waals surface area contributed by atoms with Crippen LogP contribution in [0.25, 0.3) is 0 Å². The molecule has 2 nitrogen and oxygen atoms in total. The van der Waals surface area contributed by atoms with E-state index in [1.807, 2.05) is 0 Å². The molecule has 4 unspecified atom stereocenters. The van der Waals surface area contributed by atoms with E-state index in [1.54, 1.807) is 0 Å². The van der Waals surface area contributed by atoms with Gasteiger partial charge < -0.3 is 10.6 Å². The third-order valence-corrected chi connectivity index (χ3v) is 4.76. The molecule has 2 rings (SSSR count). The molecule has 0 spiro atoms. The first-order chi connectivity index (χ1) is 6.75. The summed E-state index contributed by atoms with van der Waals surface area (Å²) >= 11 is 2.11. The smallest absolute Gasteiger partial charge is 0.0219 e. The van der Waals surface area contributed by atoms with E-state index in [-0.39, 0.29) is 0 Å². The Balaban J connectivity index is 1.73. The van der Waals surface area contributed by atoms with Crippen LogP contribution in [0.5, 0.6) is 0 Å². The van der Waals surface area contributed by atoms with Gasteiger partial charge in [-0.3, -0.25) is 0 Å². The maximum absolute atomic E-state index is 3.77. The van der Waals surface area contributed by atoms with Crippen LogP contribution in [-0.4, -0.2) is 35.7 Å². The van der Waals surface area contributed by atoms with Crippen LogP contribution in [0, 0.1) is 0 Å². The van der Waals surface area contributed by atoms with Crippen molar-refractivity contribution in [2.45, 2.75) is 56.5 Å². The van der Waals surface area contributed by atoms with Crippen molar-refractivity contribution in [3.63, 3.8) is 0 Å². The maximum Gasteiger partial charge on any atom is 0.0219 e. The van der Waals surface area contributed by atoms with Crippen molar-refractivity contribution in [1.82, 2.24) is 10.6 Å². The van der Waals surface area contributed by atoms with Gasteiger partial charge in [0.2, 0.25) is 0 Å². The van der Waals surface area contributed by atoms with E-state index < -0.39 is 0 Å². The fourth-order valence-corrected chi connectivity index (χ4v) is 3.72. The van der Waals surface area contributed by atoms with Crippen molar-refractivity contribution in [2.75, 3.05) is 12.3 Å². The lowest BCUT2D eigenvalue weighted by atomic mass is 10.1. The van der Waals surface area contributed by atoms with Gasteiger partial charge in [-0.25, -0.2) is 0 Å². The molecule has 14 heavy (non-hydrogen) atoms. The largest absolute Gasteiger partial charge is 0.312 e. The summed E-state index contributed by atoms with van der Waals surface area (Å²) in [4.78, 5) is 0. The molecular weight excluding hydrogens is 192 g/mol. The first kappa shape index (κ1) is 10.8. The van der Waals surface area contributed by atoms with Gasteiger partial charge in [-0.15, -0.1) is 0 Å². The van der Waals surface area contributed by atoms with Crippen molar-refractivity contribution >= 4 is 11.8 Å². The number of hydrogen-bond donors (Lipinski definition) is 2. The van der Waals surface area contributed by atoms with Crippen LogP contribution in [0.3, 0.4) is 0 Å². The molecular formula is C11H22N2S. The van der Waals surface area contributed by atoms with Crippen molar-refractivity contribution in [3.8, 4) is 0 Å². The molecule has 2 heterocycles. The SMILES string of the molecule is CC1CC(NC(C)C2CCCN2)CS1. The van der Waals surface area contributed by atoms with Gasteiger partial charge in [-0.05, 0) is 32.7 Å². The fraction of sp³-hybridized carbons (Fsp3) is 1.00. The van der Waals surface area contributed by atoms with Crippen molar-refractivity contribution in [2.24, 2.45) is 0 Å². The van der Waals surface area contributed by atoms with Crippen molar-refractivity contribution in [3.05, 3.63) is 0 Å². The highest BCUT2D eigenvalue weighted by molar-refractivity contribution is 8.00. The molecule has 2 aliphatic rings. The van der Waals surface area contributed by atoms with Crippen molar-refractivity contribution < 1.29 is 0 Å². The molecule has 2 saturated heterocycles. The van der Waals surface area contributed by atoms with Gasteiger partial charge in [0.1, 0.15) is 0 Å². The summed E-state index contributed by atoms with van der Waals surface area (Å²) in [5.41, 5.74) is 0. The number of hydrogen-bond acceptors (Lipinski definition) is 3. The highest BCUT2D eigenvalue weighted by atomic mass is 32.2. The number of rotatable bonds is 3. The minimum Gasteiger partial charge on any atom is -0.312 e. The molecule has 0 aromatic carbocycles. The maximum atomic E-state index is 3.77. The fourth-order valence-electron chi connectivity index (χ4n) is 2.56.